The Kier molecular flexibility index (Phi) is 4.02. The molecule has 0 saturated carbocycles. The van der Waals surface area contributed by atoms with Crippen molar-refractivity contribution in [2.45, 2.75) is 6.92 Å². The van der Waals surface area contributed by atoms with Crippen LogP contribution in [0.5, 0.6) is 0 Å². The van der Waals surface area contributed by atoms with E-state index in [-0.39, 0.29) is 11.5 Å². The first kappa shape index (κ1) is 15.3. The highest BCUT2D eigenvalue weighted by Gasteiger charge is 2.12. The fourth-order valence-corrected chi connectivity index (χ4v) is 2.13. The first-order chi connectivity index (χ1) is 11.5. The second kappa shape index (κ2) is 6.29. The molecule has 0 spiro atoms. The zero-order chi connectivity index (χ0) is 17.1. The van der Waals surface area contributed by atoms with E-state index in [9.17, 15) is 14.4 Å². The summed E-state index contributed by atoms with van der Waals surface area (Å²) < 4.78 is 5.15. The molecule has 0 saturated heterocycles. The number of aromatic nitrogens is 1. The topological polar surface area (TPSA) is 116 Å². The molecule has 2 aromatic heterocycles. The van der Waals surface area contributed by atoms with Crippen LogP contribution in [0.15, 0.2) is 47.1 Å². The van der Waals surface area contributed by atoms with Gasteiger partial charge in [-0.25, -0.2) is 10.2 Å². The van der Waals surface area contributed by atoms with Crippen molar-refractivity contribution < 1.29 is 18.8 Å². The third kappa shape index (κ3) is 3.27. The maximum absolute atomic E-state index is 11.9. The molecule has 0 aliphatic carbocycles. The Morgan fingerprint density at radius 2 is 1.92 bits per heavy atom. The molecule has 24 heavy (non-hydrogen) atoms. The Labute approximate surface area is 136 Å². The van der Waals surface area contributed by atoms with Crippen LogP contribution in [0.25, 0.3) is 11.1 Å². The number of hydrazine groups is 1. The maximum atomic E-state index is 11.9. The van der Waals surface area contributed by atoms with Crippen LogP contribution in [0.4, 0.5) is 10.5 Å². The molecule has 0 aliphatic rings. The van der Waals surface area contributed by atoms with E-state index in [0.717, 1.165) is 0 Å². The first-order valence-corrected chi connectivity index (χ1v) is 7.07. The average Bonchev–Trinajstić information content (AvgIpc) is 3.14. The van der Waals surface area contributed by atoms with E-state index >= 15 is 0 Å². The molecular weight excluding hydrogens is 312 g/mol. The number of ketones is 1. The predicted molar refractivity (Wildman–Crippen MR) is 86.6 cm³/mol. The number of furan rings is 1. The third-order valence-corrected chi connectivity index (χ3v) is 3.30. The van der Waals surface area contributed by atoms with Gasteiger partial charge >= 0.3 is 6.03 Å². The lowest BCUT2D eigenvalue weighted by molar-refractivity contribution is 0.0933. The van der Waals surface area contributed by atoms with Gasteiger partial charge in [-0.05, 0) is 19.1 Å². The fourth-order valence-electron chi connectivity index (χ4n) is 2.13. The number of hydrogen-bond acceptors (Lipinski definition) is 4. The molecule has 8 heteroatoms. The number of amides is 3. The van der Waals surface area contributed by atoms with Crippen molar-refractivity contribution in [2.75, 3.05) is 5.32 Å². The molecule has 122 valence electrons. The van der Waals surface area contributed by atoms with Gasteiger partial charge in [0.25, 0.3) is 5.91 Å². The molecule has 3 aromatic rings. The van der Waals surface area contributed by atoms with Gasteiger partial charge in [-0.2, -0.15) is 0 Å². The van der Waals surface area contributed by atoms with Crippen LogP contribution < -0.4 is 16.2 Å². The molecule has 4 N–H and O–H groups in total. The van der Waals surface area contributed by atoms with Crippen molar-refractivity contribution in [1.29, 1.82) is 0 Å². The summed E-state index contributed by atoms with van der Waals surface area (Å²) in [5, 5.41) is 2.52. The summed E-state index contributed by atoms with van der Waals surface area (Å²) in [4.78, 5) is 37.9. The predicted octanol–water partition coefficient (Wildman–Crippen LogP) is 2.43. The standard InChI is InChI=1S/C16H14N4O4/c1-9(21)10-3-2-4-11(7-10)17-16(23)20-19-15(22)13-8-14-12(18-13)5-6-24-14/h2-8,18H,1H3,(H,19,22)(H2,17,20,23). The number of carbonyl (C=O) groups is 3. The van der Waals surface area contributed by atoms with E-state index in [1.807, 2.05) is 0 Å². The van der Waals surface area contributed by atoms with Crippen molar-refractivity contribution in [2.24, 2.45) is 0 Å². The number of fused-ring (bicyclic) bond motifs is 1. The molecule has 0 unspecified atom stereocenters. The average molecular weight is 326 g/mol. The number of rotatable bonds is 3. The molecule has 3 rings (SSSR count). The lowest BCUT2D eigenvalue weighted by Gasteiger charge is -2.09. The Balaban J connectivity index is 1.57. The van der Waals surface area contributed by atoms with Crippen molar-refractivity contribution in [1.82, 2.24) is 15.8 Å². The summed E-state index contributed by atoms with van der Waals surface area (Å²) in [7, 11) is 0. The Morgan fingerprint density at radius 1 is 1.08 bits per heavy atom. The number of nitrogens with one attached hydrogen (secondary N) is 4. The third-order valence-electron chi connectivity index (χ3n) is 3.30. The number of carbonyl (C=O) groups excluding carboxylic acids is 3. The highest BCUT2D eigenvalue weighted by atomic mass is 16.3. The van der Waals surface area contributed by atoms with Gasteiger partial charge in [0.15, 0.2) is 11.4 Å². The molecule has 3 amide bonds. The van der Waals surface area contributed by atoms with Crippen molar-refractivity contribution in [3.8, 4) is 0 Å². The summed E-state index contributed by atoms with van der Waals surface area (Å²) in [5.41, 5.74) is 6.90. The minimum absolute atomic E-state index is 0.108. The lowest BCUT2D eigenvalue weighted by Crippen LogP contribution is -2.44. The van der Waals surface area contributed by atoms with E-state index in [0.29, 0.717) is 22.4 Å². The summed E-state index contributed by atoms with van der Waals surface area (Å²) in [5.74, 6) is -0.627. The van der Waals surface area contributed by atoms with Gasteiger partial charge in [-0.15, -0.1) is 0 Å². The molecule has 8 nitrogen and oxygen atoms in total. The smallest absolute Gasteiger partial charge is 0.337 e. The van der Waals surface area contributed by atoms with Crippen LogP contribution in [0, 0.1) is 0 Å². The summed E-state index contributed by atoms with van der Waals surface area (Å²) in [6.45, 7) is 1.44. The van der Waals surface area contributed by atoms with E-state index in [1.54, 1.807) is 30.3 Å². The van der Waals surface area contributed by atoms with Crippen LogP contribution in [0.3, 0.4) is 0 Å². The second-order valence-corrected chi connectivity index (χ2v) is 5.05. The number of benzene rings is 1. The highest BCUT2D eigenvalue weighted by Crippen LogP contribution is 2.15. The number of aromatic amines is 1. The van der Waals surface area contributed by atoms with Gasteiger partial charge in [-0.1, -0.05) is 12.1 Å². The zero-order valence-electron chi connectivity index (χ0n) is 12.7. The zero-order valence-corrected chi connectivity index (χ0v) is 12.7. The maximum Gasteiger partial charge on any atom is 0.337 e. The normalized spacial score (nSPS) is 10.4. The number of anilines is 1. The molecule has 0 atom stereocenters. The van der Waals surface area contributed by atoms with E-state index < -0.39 is 11.9 Å². The van der Waals surface area contributed by atoms with Crippen molar-refractivity contribution in [3.05, 3.63) is 53.9 Å². The largest absolute Gasteiger partial charge is 0.463 e. The monoisotopic (exact) mass is 326 g/mol. The molecule has 2 heterocycles. The van der Waals surface area contributed by atoms with Crippen LogP contribution >= 0.6 is 0 Å². The first-order valence-electron chi connectivity index (χ1n) is 7.07. The molecule has 0 bridgehead atoms. The fraction of sp³-hybridized carbons (Fsp3) is 0.0625. The second-order valence-electron chi connectivity index (χ2n) is 5.05. The molecule has 0 aliphatic heterocycles. The summed E-state index contributed by atoms with van der Waals surface area (Å²) in [6, 6.07) is 9.05. The van der Waals surface area contributed by atoms with E-state index in [1.165, 1.54) is 19.3 Å². The minimum Gasteiger partial charge on any atom is -0.463 e. The number of hydrogen-bond donors (Lipinski definition) is 4. The van der Waals surface area contributed by atoms with Crippen LogP contribution in [-0.4, -0.2) is 22.7 Å². The number of Topliss-reactive ketones (excluding diaryl/α,β-unsaturated/α-hetero) is 1. The Hall–Kier alpha value is -3.55. The minimum atomic E-state index is -0.640. The van der Waals surface area contributed by atoms with E-state index in [4.69, 9.17) is 4.42 Å². The molecule has 0 fully saturated rings. The SMILES string of the molecule is CC(=O)c1cccc(NC(=O)NNC(=O)c2cc3occc3[nH]2)c1. The van der Waals surface area contributed by atoms with Crippen LogP contribution in [0.1, 0.15) is 27.8 Å². The van der Waals surface area contributed by atoms with E-state index in [2.05, 4.69) is 21.2 Å². The lowest BCUT2D eigenvalue weighted by atomic mass is 10.1. The van der Waals surface area contributed by atoms with Gasteiger partial charge < -0.3 is 14.7 Å². The van der Waals surface area contributed by atoms with Gasteiger partial charge in [0.2, 0.25) is 0 Å². The Bertz CT molecular complexity index is 896. The van der Waals surface area contributed by atoms with Gasteiger partial charge in [0, 0.05) is 23.4 Å². The van der Waals surface area contributed by atoms with Crippen molar-refractivity contribution in [3.63, 3.8) is 0 Å². The van der Waals surface area contributed by atoms with Crippen LogP contribution in [0.2, 0.25) is 0 Å². The Morgan fingerprint density at radius 3 is 2.67 bits per heavy atom. The molecule has 0 radical (unpaired) electrons. The summed E-state index contributed by atoms with van der Waals surface area (Å²) in [6.07, 6.45) is 1.50. The van der Waals surface area contributed by atoms with Gasteiger partial charge in [0.1, 0.15) is 5.69 Å². The van der Waals surface area contributed by atoms with Gasteiger partial charge in [-0.3, -0.25) is 15.0 Å². The number of H-pyrrole nitrogens is 1. The highest BCUT2D eigenvalue weighted by molar-refractivity contribution is 5.99. The summed E-state index contributed by atoms with van der Waals surface area (Å²) >= 11 is 0. The molecular formula is C16H14N4O4. The van der Waals surface area contributed by atoms with Crippen molar-refractivity contribution >= 4 is 34.5 Å². The molecule has 1 aromatic carbocycles. The number of urea groups is 1. The van der Waals surface area contributed by atoms with Crippen LogP contribution in [-0.2, 0) is 0 Å². The van der Waals surface area contributed by atoms with Gasteiger partial charge in [0.05, 0.1) is 11.8 Å². The quantitative estimate of drug-likeness (QED) is 0.437.